The van der Waals surface area contributed by atoms with E-state index in [9.17, 15) is 14.5 Å². The van der Waals surface area contributed by atoms with Crippen molar-refractivity contribution < 1.29 is 4.79 Å². The monoisotopic (exact) mass is 232 g/mol. The van der Waals surface area contributed by atoms with Crippen LogP contribution in [0.2, 0.25) is 0 Å². The van der Waals surface area contributed by atoms with Gasteiger partial charge >= 0.3 is 5.56 Å². The number of primary amides is 1. The predicted octanol–water partition coefficient (Wildman–Crippen LogP) is 0.662. The van der Waals surface area contributed by atoms with Gasteiger partial charge in [0.15, 0.2) is 5.69 Å². The Morgan fingerprint density at radius 2 is 1.94 bits per heavy atom. The van der Waals surface area contributed by atoms with Crippen molar-refractivity contribution >= 4 is 11.6 Å². The minimum absolute atomic E-state index is 0.297. The van der Waals surface area contributed by atoms with E-state index in [2.05, 4.69) is 10.3 Å². The topological polar surface area (TPSA) is 110 Å². The van der Waals surface area contributed by atoms with Crippen molar-refractivity contribution in [2.24, 2.45) is 10.9 Å². The van der Waals surface area contributed by atoms with E-state index >= 15 is 0 Å². The van der Waals surface area contributed by atoms with Crippen LogP contribution < -0.4 is 11.3 Å². The van der Waals surface area contributed by atoms with Gasteiger partial charge in [0.05, 0.1) is 5.69 Å². The summed E-state index contributed by atoms with van der Waals surface area (Å²) in [7, 11) is 0. The van der Waals surface area contributed by atoms with Gasteiger partial charge in [-0.15, -0.1) is 4.91 Å². The van der Waals surface area contributed by atoms with E-state index in [0.717, 1.165) is 4.68 Å². The number of nitrogens with two attached hydrogens (primary N) is 1. The third-order valence-electron chi connectivity index (χ3n) is 2.22. The molecule has 1 amide bonds. The Kier molecular flexibility index (Phi) is 2.57. The van der Waals surface area contributed by atoms with E-state index in [1.54, 1.807) is 30.3 Å². The van der Waals surface area contributed by atoms with Crippen LogP contribution in [0.1, 0.15) is 10.5 Å². The second kappa shape index (κ2) is 4.05. The van der Waals surface area contributed by atoms with E-state index in [0.29, 0.717) is 5.69 Å². The lowest BCUT2D eigenvalue weighted by molar-refractivity contribution is 0.0996. The summed E-state index contributed by atoms with van der Waals surface area (Å²) in [5, 5.41) is 4.97. The van der Waals surface area contributed by atoms with Gasteiger partial charge in [-0.3, -0.25) is 14.7 Å². The summed E-state index contributed by atoms with van der Waals surface area (Å²) in [6, 6.07) is 8.46. The molecule has 0 aliphatic carbocycles. The standard InChI is InChI=1S/C10H8N4O3/c11-9(15)7-8(13-17)10(16)14(12-7)6-4-2-1-3-5-6/h1-5,12H,(H2,11,15). The largest absolute Gasteiger partial charge is 0.364 e. The van der Waals surface area contributed by atoms with Crippen molar-refractivity contribution in [2.45, 2.75) is 0 Å². The average molecular weight is 232 g/mol. The predicted molar refractivity (Wildman–Crippen MR) is 60.4 cm³/mol. The van der Waals surface area contributed by atoms with Crippen molar-refractivity contribution in [2.75, 3.05) is 0 Å². The second-order valence-electron chi connectivity index (χ2n) is 3.27. The van der Waals surface area contributed by atoms with Crippen LogP contribution in [0.3, 0.4) is 0 Å². The molecule has 0 aliphatic heterocycles. The van der Waals surface area contributed by atoms with Crippen molar-refractivity contribution in [3.63, 3.8) is 0 Å². The number of nitroso groups, excluding NO2 is 1. The maximum absolute atomic E-state index is 11.8. The van der Waals surface area contributed by atoms with Crippen LogP contribution >= 0.6 is 0 Å². The number of amides is 1. The van der Waals surface area contributed by atoms with Gasteiger partial charge in [-0.25, -0.2) is 4.68 Å². The fourth-order valence-corrected chi connectivity index (χ4v) is 1.44. The number of hydrogen-bond acceptors (Lipinski definition) is 4. The highest BCUT2D eigenvalue weighted by molar-refractivity contribution is 5.95. The number of carbonyl (C=O) groups excluding carboxylic acids is 1. The van der Waals surface area contributed by atoms with E-state index in [-0.39, 0.29) is 5.69 Å². The molecule has 0 saturated carbocycles. The van der Waals surface area contributed by atoms with Crippen molar-refractivity contribution in [3.05, 3.63) is 51.3 Å². The summed E-state index contributed by atoms with van der Waals surface area (Å²) in [5.74, 6) is -0.911. The molecule has 1 heterocycles. The molecule has 86 valence electrons. The summed E-state index contributed by atoms with van der Waals surface area (Å²) in [6.07, 6.45) is 0. The zero-order chi connectivity index (χ0) is 12.4. The molecule has 2 rings (SSSR count). The van der Waals surface area contributed by atoms with Gasteiger partial charge in [0, 0.05) is 0 Å². The highest BCUT2D eigenvalue weighted by Crippen LogP contribution is 2.13. The molecule has 3 N–H and O–H groups in total. The molecular weight excluding hydrogens is 224 g/mol. The number of nitrogens with zero attached hydrogens (tertiary/aromatic N) is 2. The first kappa shape index (κ1) is 10.8. The quantitative estimate of drug-likeness (QED) is 0.758. The van der Waals surface area contributed by atoms with Gasteiger partial charge in [-0.1, -0.05) is 18.2 Å². The molecule has 0 saturated heterocycles. The maximum atomic E-state index is 11.8. The van der Waals surface area contributed by atoms with Crippen LogP contribution in [0, 0.1) is 4.91 Å². The van der Waals surface area contributed by atoms with Crippen molar-refractivity contribution in [1.29, 1.82) is 0 Å². The Bertz CT molecular complexity index is 627. The Morgan fingerprint density at radius 3 is 2.41 bits per heavy atom. The highest BCUT2D eigenvalue weighted by Gasteiger charge is 2.19. The highest BCUT2D eigenvalue weighted by atomic mass is 16.3. The van der Waals surface area contributed by atoms with Crippen molar-refractivity contribution in [1.82, 2.24) is 9.78 Å². The Balaban J connectivity index is 2.70. The smallest absolute Gasteiger partial charge is 0.301 e. The minimum Gasteiger partial charge on any atom is -0.364 e. The first-order chi connectivity index (χ1) is 8.15. The Morgan fingerprint density at radius 1 is 1.29 bits per heavy atom. The number of benzene rings is 1. The molecular formula is C10H8N4O3. The molecule has 0 bridgehead atoms. The zero-order valence-electron chi connectivity index (χ0n) is 8.58. The third-order valence-corrected chi connectivity index (χ3v) is 2.22. The van der Waals surface area contributed by atoms with Gasteiger partial charge in [-0.05, 0) is 17.3 Å². The lowest BCUT2D eigenvalue weighted by Gasteiger charge is -1.99. The van der Waals surface area contributed by atoms with Crippen LogP contribution in [0.15, 0.2) is 40.3 Å². The SMILES string of the molecule is NC(=O)c1[nH]n(-c2ccccc2)c(=O)c1N=O. The van der Waals surface area contributed by atoms with Crippen LogP contribution in [-0.4, -0.2) is 15.7 Å². The molecule has 0 unspecified atom stereocenters. The number of hydrogen-bond donors (Lipinski definition) is 2. The second-order valence-corrected chi connectivity index (χ2v) is 3.27. The molecule has 0 radical (unpaired) electrons. The number of H-pyrrole nitrogens is 1. The molecule has 0 spiro atoms. The lowest BCUT2D eigenvalue weighted by atomic mass is 10.3. The number of aromatic amines is 1. The average Bonchev–Trinajstić information content (AvgIpc) is 2.67. The third kappa shape index (κ3) is 1.73. The van der Waals surface area contributed by atoms with E-state index in [1.165, 1.54) is 0 Å². The maximum Gasteiger partial charge on any atom is 0.301 e. The number of rotatable bonds is 3. The first-order valence-electron chi connectivity index (χ1n) is 4.68. The Hall–Kier alpha value is -2.70. The van der Waals surface area contributed by atoms with Crippen molar-refractivity contribution in [3.8, 4) is 5.69 Å². The first-order valence-corrected chi connectivity index (χ1v) is 4.68. The molecule has 0 fully saturated rings. The molecule has 7 heteroatoms. The van der Waals surface area contributed by atoms with E-state index < -0.39 is 17.2 Å². The van der Waals surface area contributed by atoms with Crippen LogP contribution in [-0.2, 0) is 0 Å². The normalized spacial score (nSPS) is 10.1. The zero-order valence-corrected chi connectivity index (χ0v) is 8.58. The van der Waals surface area contributed by atoms with Gasteiger partial charge in [0.25, 0.3) is 5.91 Å². The fourth-order valence-electron chi connectivity index (χ4n) is 1.44. The number of para-hydroxylation sites is 1. The van der Waals surface area contributed by atoms with E-state index in [4.69, 9.17) is 5.73 Å². The summed E-state index contributed by atoms with van der Waals surface area (Å²) < 4.78 is 1.04. The van der Waals surface area contributed by atoms with Gasteiger partial charge in [0.2, 0.25) is 5.69 Å². The summed E-state index contributed by atoms with van der Waals surface area (Å²) in [5.41, 5.74) is 3.99. The summed E-state index contributed by atoms with van der Waals surface area (Å²) >= 11 is 0. The molecule has 1 aromatic carbocycles. The van der Waals surface area contributed by atoms with E-state index in [1.807, 2.05) is 0 Å². The van der Waals surface area contributed by atoms with Gasteiger partial charge < -0.3 is 5.73 Å². The lowest BCUT2D eigenvalue weighted by Crippen LogP contribution is -2.14. The molecule has 1 aromatic heterocycles. The molecule has 0 atom stereocenters. The molecule has 2 aromatic rings. The summed E-state index contributed by atoms with van der Waals surface area (Å²) in [4.78, 5) is 33.3. The Labute approximate surface area is 94.8 Å². The minimum atomic E-state index is -0.911. The summed E-state index contributed by atoms with van der Waals surface area (Å²) in [6.45, 7) is 0. The number of nitrogens with one attached hydrogen (secondary N) is 1. The van der Waals surface area contributed by atoms with Crippen LogP contribution in [0.5, 0.6) is 0 Å². The van der Waals surface area contributed by atoms with Crippen LogP contribution in [0.4, 0.5) is 5.69 Å². The van der Waals surface area contributed by atoms with Gasteiger partial charge in [-0.2, -0.15) is 0 Å². The van der Waals surface area contributed by atoms with Gasteiger partial charge in [0.1, 0.15) is 0 Å². The molecule has 0 aliphatic rings. The molecule has 17 heavy (non-hydrogen) atoms. The fraction of sp³-hybridized carbons (Fsp3) is 0. The number of aromatic nitrogens is 2. The number of carbonyl (C=O) groups is 1. The molecule has 7 nitrogen and oxygen atoms in total. The van der Waals surface area contributed by atoms with Crippen LogP contribution in [0.25, 0.3) is 5.69 Å².